The minimum atomic E-state index is -1.10. The van der Waals surface area contributed by atoms with Crippen LogP contribution in [0.4, 0.5) is 0 Å². The summed E-state index contributed by atoms with van der Waals surface area (Å²) in [5.74, 6) is 0.111. The van der Waals surface area contributed by atoms with Crippen LogP contribution in [0.5, 0.6) is 0 Å². The van der Waals surface area contributed by atoms with Crippen molar-refractivity contribution in [2.75, 3.05) is 13.7 Å². The highest BCUT2D eigenvalue weighted by Gasteiger charge is 2.29. The molecule has 150 valence electrons. The van der Waals surface area contributed by atoms with Crippen LogP contribution in [0.3, 0.4) is 0 Å². The molecule has 0 heterocycles. The smallest absolute Gasteiger partial charge is 0.124 e. The van der Waals surface area contributed by atoms with Gasteiger partial charge in [-0.15, -0.1) is 0 Å². The number of fused-ring (bicyclic) bond motifs is 1. The summed E-state index contributed by atoms with van der Waals surface area (Å²) in [5.41, 5.74) is 4.54. The molecule has 0 aliphatic heterocycles. The van der Waals surface area contributed by atoms with Gasteiger partial charge >= 0.3 is 0 Å². The first-order valence-electron chi connectivity index (χ1n) is 9.81. The number of nitrogens with zero attached hydrogens (tertiary/aromatic N) is 1. The Bertz CT molecular complexity index is 651. The van der Waals surface area contributed by atoms with Crippen molar-refractivity contribution in [2.24, 2.45) is 11.1 Å². The maximum absolute atomic E-state index is 10.2. The summed E-state index contributed by atoms with van der Waals surface area (Å²) in [7, 11) is 1.57. The molecule has 3 atom stereocenters. The van der Waals surface area contributed by atoms with Crippen LogP contribution >= 0.6 is 0 Å². The summed E-state index contributed by atoms with van der Waals surface area (Å²) in [4.78, 5) is 5.45. The second-order valence-corrected chi connectivity index (χ2v) is 7.48. The molecule has 1 aromatic carbocycles. The predicted molar refractivity (Wildman–Crippen MR) is 109 cm³/mol. The molecular weight excluding hydrogens is 342 g/mol. The van der Waals surface area contributed by atoms with Gasteiger partial charge in [0.15, 0.2) is 0 Å². The Morgan fingerprint density at radius 3 is 2.56 bits per heavy atom. The Hall–Kier alpha value is -1.69. The predicted octanol–water partition coefficient (Wildman–Crippen LogP) is 3.58. The fourth-order valence-corrected chi connectivity index (χ4v) is 3.45. The number of rotatable bonds is 11. The molecule has 0 amide bonds. The van der Waals surface area contributed by atoms with Crippen molar-refractivity contribution in [2.45, 2.75) is 64.8 Å². The summed E-state index contributed by atoms with van der Waals surface area (Å²) < 4.78 is 5.43. The zero-order valence-corrected chi connectivity index (χ0v) is 16.9. The molecule has 2 rings (SSSR count). The van der Waals surface area contributed by atoms with E-state index in [1.54, 1.807) is 7.11 Å². The van der Waals surface area contributed by atoms with Crippen molar-refractivity contribution >= 4 is 11.3 Å². The molecule has 1 aromatic rings. The van der Waals surface area contributed by atoms with E-state index in [1.165, 1.54) is 23.6 Å². The summed E-state index contributed by atoms with van der Waals surface area (Å²) in [6, 6.07) is 8.55. The molecule has 0 bridgehead atoms. The number of hydrogen-bond acceptors (Lipinski definition) is 5. The maximum Gasteiger partial charge on any atom is 0.124 e. The summed E-state index contributed by atoms with van der Waals surface area (Å²) in [5, 5.41) is 24.0. The van der Waals surface area contributed by atoms with E-state index in [0.29, 0.717) is 12.3 Å². The van der Waals surface area contributed by atoms with Gasteiger partial charge in [-0.3, -0.25) is 0 Å². The molecule has 5 heteroatoms. The molecule has 0 aromatic heterocycles. The van der Waals surface area contributed by atoms with Gasteiger partial charge in [-0.25, -0.2) is 0 Å². The Labute approximate surface area is 162 Å². The van der Waals surface area contributed by atoms with Crippen molar-refractivity contribution in [1.82, 2.24) is 0 Å². The lowest BCUT2D eigenvalue weighted by molar-refractivity contribution is 0.0441. The van der Waals surface area contributed by atoms with Gasteiger partial charge < -0.3 is 19.8 Å². The summed E-state index contributed by atoms with van der Waals surface area (Å²) in [6.45, 7) is 5.96. The fourth-order valence-electron chi connectivity index (χ4n) is 3.45. The summed E-state index contributed by atoms with van der Waals surface area (Å²) >= 11 is 0. The lowest BCUT2D eigenvalue weighted by Crippen LogP contribution is -2.42. The highest BCUT2D eigenvalue weighted by molar-refractivity contribution is 5.92. The van der Waals surface area contributed by atoms with Gasteiger partial charge in [0.05, 0.1) is 6.10 Å². The first-order valence-corrected chi connectivity index (χ1v) is 9.81. The molecule has 0 spiro atoms. The van der Waals surface area contributed by atoms with Crippen LogP contribution in [0, 0.1) is 5.92 Å². The zero-order valence-electron chi connectivity index (χ0n) is 16.9. The van der Waals surface area contributed by atoms with E-state index in [-0.39, 0.29) is 5.92 Å². The Balaban J connectivity index is 1.82. The van der Waals surface area contributed by atoms with E-state index in [4.69, 9.17) is 9.57 Å². The van der Waals surface area contributed by atoms with Crippen LogP contribution in [0.1, 0.15) is 51.2 Å². The van der Waals surface area contributed by atoms with Gasteiger partial charge in [0.2, 0.25) is 0 Å². The van der Waals surface area contributed by atoms with Gasteiger partial charge in [-0.1, -0.05) is 49.3 Å². The van der Waals surface area contributed by atoms with Crippen LogP contribution in [0.15, 0.2) is 35.5 Å². The van der Waals surface area contributed by atoms with Crippen molar-refractivity contribution in [3.63, 3.8) is 0 Å². The zero-order chi connectivity index (χ0) is 19.8. The Morgan fingerprint density at radius 1 is 1.15 bits per heavy atom. The van der Waals surface area contributed by atoms with Gasteiger partial charge in [-0.2, -0.15) is 0 Å². The lowest BCUT2D eigenvalue weighted by atomic mass is 9.96. The fraction of sp³-hybridized carbons (Fsp3) is 0.591. The standard InChI is InChI=1S/C22H33NO4/c1-15(2)22(26-4)20(21(25)16(3)24)23-27-14-8-7-10-18-13-12-17-9-5-6-11-19(17)18/h5-6,9,11,13,15-16,21-22,24-25H,7-8,10,12,14H2,1-4H3/b23-20+/t16-,21+,22+/m1/s1. The van der Waals surface area contributed by atoms with Crippen molar-refractivity contribution in [3.8, 4) is 0 Å². The van der Waals surface area contributed by atoms with Gasteiger partial charge in [-0.05, 0) is 55.2 Å². The molecule has 27 heavy (non-hydrogen) atoms. The van der Waals surface area contributed by atoms with Crippen LogP contribution in [0.25, 0.3) is 5.57 Å². The largest absolute Gasteiger partial charge is 0.396 e. The molecule has 0 saturated carbocycles. The monoisotopic (exact) mass is 375 g/mol. The first-order chi connectivity index (χ1) is 13.0. The lowest BCUT2D eigenvalue weighted by Gasteiger charge is -2.25. The van der Waals surface area contributed by atoms with Crippen molar-refractivity contribution in [3.05, 3.63) is 41.5 Å². The number of unbranched alkanes of at least 4 members (excludes halogenated alkanes) is 1. The molecule has 2 N–H and O–H groups in total. The summed E-state index contributed by atoms with van der Waals surface area (Å²) in [6.07, 6.45) is 3.83. The van der Waals surface area contributed by atoms with Gasteiger partial charge in [0.25, 0.3) is 0 Å². The number of allylic oxidation sites excluding steroid dienone is 2. The number of hydrogen-bond donors (Lipinski definition) is 2. The molecule has 1 aliphatic rings. The first kappa shape index (κ1) is 21.6. The number of aliphatic hydroxyl groups excluding tert-OH is 2. The number of benzene rings is 1. The van der Waals surface area contributed by atoms with E-state index < -0.39 is 18.3 Å². The molecule has 0 unspecified atom stereocenters. The minimum Gasteiger partial charge on any atom is -0.396 e. The van der Waals surface area contributed by atoms with Crippen molar-refractivity contribution < 1.29 is 19.8 Å². The minimum absolute atomic E-state index is 0.111. The van der Waals surface area contributed by atoms with Gasteiger partial charge in [0.1, 0.15) is 24.5 Å². The number of aliphatic hydroxyl groups is 2. The van der Waals surface area contributed by atoms with Crippen LogP contribution in [-0.4, -0.2) is 48.0 Å². The van der Waals surface area contributed by atoms with Crippen LogP contribution in [-0.2, 0) is 16.0 Å². The quantitative estimate of drug-likeness (QED) is 0.352. The van der Waals surface area contributed by atoms with E-state index in [0.717, 1.165) is 25.7 Å². The highest BCUT2D eigenvalue weighted by atomic mass is 16.6. The molecule has 0 fully saturated rings. The SMILES string of the molecule is CO[C@H](/C(=N/OCCCCC1=CCc2ccccc21)[C@@H](O)[C@@H](C)O)C(C)C. The average molecular weight is 376 g/mol. The molecule has 0 saturated heterocycles. The van der Waals surface area contributed by atoms with Crippen LogP contribution < -0.4 is 0 Å². The topological polar surface area (TPSA) is 71.3 Å². The Kier molecular flexibility index (Phi) is 8.48. The second-order valence-electron chi connectivity index (χ2n) is 7.48. The maximum atomic E-state index is 10.2. The third-order valence-corrected chi connectivity index (χ3v) is 4.94. The van der Waals surface area contributed by atoms with Crippen LogP contribution in [0.2, 0.25) is 0 Å². The van der Waals surface area contributed by atoms with E-state index in [1.807, 2.05) is 13.8 Å². The van der Waals surface area contributed by atoms with E-state index in [9.17, 15) is 10.2 Å². The third-order valence-electron chi connectivity index (χ3n) is 4.94. The normalized spacial score (nSPS) is 17.4. The molecule has 1 aliphatic carbocycles. The number of methoxy groups -OCH3 is 1. The number of ether oxygens (including phenoxy) is 1. The number of oxime groups is 1. The van der Waals surface area contributed by atoms with Gasteiger partial charge in [0, 0.05) is 7.11 Å². The average Bonchev–Trinajstić information content (AvgIpc) is 3.05. The second kappa shape index (κ2) is 10.6. The highest BCUT2D eigenvalue weighted by Crippen LogP contribution is 2.30. The Morgan fingerprint density at radius 2 is 1.89 bits per heavy atom. The molecular formula is C22H33NO4. The van der Waals surface area contributed by atoms with E-state index >= 15 is 0 Å². The third kappa shape index (κ3) is 5.89. The molecule has 5 nitrogen and oxygen atoms in total. The molecule has 0 radical (unpaired) electrons. The van der Waals surface area contributed by atoms with Crippen molar-refractivity contribution in [1.29, 1.82) is 0 Å². The van der Waals surface area contributed by atoms with E-state index in [2.05, 4.69) is 35.5 Å².